The fraction of sp³-hybridized carbons (Fsp3) is 0.565. The number of phenolic OH excluding ortho intramolecular Hbond substituents is 1. The summed E-state index contributed by atoms with van der Waals surface area (Å²) in [6.45, 7) is 0.403. The molecule has 0 aliphatic heterocycles. The van der Waals surface area contributed by atoms with Crippen molar-refractivity contribution in [2.75, 3.05) is 19.6 Å². The van der Waals surface area contributed by atoms with E-state index in [0.29, 0.717) is 45.2 Å². The molecule has 0 fully saturated rings. The molecule has 35 heavy (non-hydrogen) atoms. The van der Waals surface area contributed by atoms with E-state index in [0.717, 1.165) is 5.56 Å². The number of nitrogens with one attached hydrogen (secondary N) is 3. The van der Waals surface area contributed by atoms with Crippen LogP contribution in [0.1, 0.15) is 44.1 Å². The molecule has 0 aromatic heterocycles. The third-order valence-electron chi connectivity index (χ3n) is 5.31. The molecule has 0 saturated carbocycles. The summed E-state index contributed by atoms with van der Waals surface area (Å²) < 4.78 is 0. The molecule has 0 aliphatic carbocycles. The molecule has 1 aromatic carbocycles. The molecular formula is C23H38N6O6. The van der Waals surface area contributed by atoms with Crippen LogP contribution in [0.15, 0.2) is 24.3 Å². The minimum Gasteiger partial charge on any atom is -0.508 e. The number of carboxylic acids is 1. The number of carbonyl (C=O) groups is 4. The molecule has 0 radical (unpaired) electrons. The summed E-state index contributed by atoms with van der Waals surface area (Å²) in [5.74, 6) is -2.86. The molecule has 0 bridgehead atoms. The largest absolute Gasteiger partial charge is 0.508 e. The van der Waals surface area contributed by atoms with Gasteiger partial charge in [-0.15, -0.1) is 0 Å². The number of benzene rings is 1. The van der Waals surface area contributed by atoms with Crippen LogP contribution in [0.2, 0.25) is 0 Å². The van der Waals surface area contributed by atoms with Gasteiger partial charge in [0.05, 0.1) is 12.6 Å². The number of unbranched alkanes of at least 4 members (excludes halogenated alkanes) is 2. The van der Waals surface area contributed by atoms with Gasteiger partial charge in [0.2, 0.25) is 17.7 Å². The van der Waals surface area contributed by atoms with E-state index in [2.05, 4.69) is 16.0 Å². The molecule has 0 aliphatic rings. The molecule has 0 saturated heterocycles. The number of carbonyl (C=O) groups excluding carboxylic acids is 3. The van der Waals surface area contributed by atoms with Crippen molar-refractivity contribution >= 4 is 23.7 Å². The molecule has 3 atom stereocenters. The monoisotopic (exact) mass is 494 g/mol. The van der Waals surface area contributed by atoms with E-state index in [1.165, 1.54) is 12.1 Å². The maximum atomic E-state index is 12.7. The van der Waals surface area contributed by atoms with Gasteiger partial charge in [-0.1, -0.05) is 12.1 Å². The second-order valence-corrected chi connectivity index (χ2v) is 8.28. The van der Waals surface area contributed by atoms with Crippen molar-refractivity contribution in [2.45, 2.75) is 63.1 Å². The van der Waals surface area contributed by atoms with Crippen molar-refractivity contribution in [3.8, 4) is 5.75 Å². The summed E-state index contributed by atoms with van der Waals surface area (Å²) in [5.41, 5.74) is 17.7. The van der Waals surface area contributed by atoms with Crippen LogP contribution in [0.3, 0.4) is 0 Å². The third-order valence-corrected chi connectivity index (χ3v) is 5.31. The van der Waals surface area contributed by atoms with Gasteiger partial charge in [0, 0.05) is 0 Å². The number of rotatable bonds is 17. The average Bonchev–Trinajstić information content (AvgIpc) is 2.82. The molecule has 0 spiro atoms. The predicted octanol–water partition coefficient (Wildman–Crippen LogP) is -1.31. The summed E-state index contributed by atoms with van der Waals surface area (Å²) in [4.78, 5) is 48.8. The molecule has 12 nitrogen and oxygen atoms in total. The lowest BCUT2D eigenvalue weighted by molar-refractivity contribution is -0.142. The van der Waals surface area contributed by atoms with Crippen molar-refractivity contribution in [1.29, 1.82) is 0 Å². The van der Waals surface area contributed by atoms with Gasteiger partial charge in [-0.05, 0) is 75.7 Å². The molecule has 1 rings (SSSR count). The maximum Gasteiger partial charge on any atom is 0.326 e. The molecular weight excluding hydrogens is 456 g/mol. The van der Waals surface area contributed by atoms with Crippen LogP contribution in [0.4, 0.5) is 0 Å². The highest BCUT2D eigenvalue weighted by molar-refractivity contribution is 5.92. The standard InChI is InChI=1S/C23H38N6O6/c24-11-3-1-5-18(29-21(32)17(26)13-15-7-9-16(30)10-8-15)22(33)27-14-20(31)28-19(23(34)35)6-2-4-12-25/h7-10,17-19,30H,1-6,11-14,24-26H2,(H,27,33)(H,28,31)(H,29,32)(H,34,35). The SMILES string of the molecule is NCCCCC(NC(=O)CNC(=O)C(CCCCN)NC(=O)C(N)Cc1ccc(O)cc1)C(=O)O. The van der Waals surface area contributed by atoms with Crippen molar-refractivity contribution < 1.29 is 29.4 Å². The zero-order chi connectivity index (χ0) is 26.2. The number of aliphatic carboxylic acids is 1. The van der Waals surface area contributed by atoms with E-state index < -0.39 is 48.4 Å². The van der Waals surface area contributed by atoms with Gasteiger partial charge < -0.3 is 43.4 Å². The highest BCUT2D eigenvalue weighted by atomic mass is 16.4. The lowest BCUT2D eigenvalue weighted by Crippen LogP contribution is -2.53. The van der Waals surface area contributed by atoms with Gasteiger partial charge in [0.1, 0.15) is 17.8 Å². The number of aromatic hydroxyl groups is 1. The summed E-state index contributed by atoms with van der Waals surface area (Å²) in [5, 5.41) is 26.1. The lowest BCUT2D eigenvalue weighted by atomic mass is 10.0. The topological polar surface area (TPSA) is 223 Å². The zero-order valence-electron chi connectivity index (χ0n) is 19.9. The minimum absolute atomic E-state index is 0.0951. The number of hydrogen-bond donors (Lipinski definition) is 8. The van der Waals surface area contributed by atoms with Crippen LogP contribution < -0.4 is 33.2 Å². The second-order valence-electron chi connectivity index (χ2n) is 8.28. The Balaban J connectivity index is 2.66. The van der Waals surface area contributed by atoms with E-state index in [1.54, 1.807) is 12.1 Å². The summed E-state index contributed by atoms with van der Waals surface area (Å²) in [7, 11) is 0. The zero-order valence-corrected chi connectivity index (χ0v) is 19.9. The van der Waals surface area contributed by atoms with Crippen LogP contribution in [-0.2, 0) is 25.6 Å². The van der Waals surface area contributed by atoms with Gasteiger partial charge in [0.15, 0.2) is 0 Å². The molecule has 196 valence electrons. The van der Waals surface area contributed by atoms with Crippen molar-refractivity contribution in [2.24, 2.45) is 17.2 Å². The first kappa shape index (κ1) is 29.8. The normalized spacial score (nSPS) is 13.3. The third kappa shape index (κ3) is 12.2. The second kappa shape index (κ2) is 16.4. The number of carboxylic acid groups (broad SMARTS) is 1. The molecule has 0 heterocycles. The van der Waals surface area contributed by atoms with E-state index in [4.69, 9.17) is 17.2 Å². The molecule has 3 unspecified atom stereocenters. The van der Waals surface area contributed by atoms with E-state index in [-0.39, 0.29) is 18.6 Å². The van der Waals surface area contributed by atoms with Crippen LogP contribution in [0.5, 0.6) is 5.75 Å². The highest BCUT2D eigenvalue weighted by Gasteiger charge is 2.25. The summed E-state index contributed by atoms with van der Waals surface area (Å²) in [6, 6.07) is 3.32. The van der Waals surface area contributed by atoms with Gasteiger partial charge in [-0.2, -0.15) is 0 Å². The quantitative estimate of drug-likeness (QED) is 0.120. The van der Waals surface area contributed by atoms with E-state index >= 15 is 0 Å². The van der Waals surface area contributed by atoms with Gasteiger partial charge >= 0.3 is 5.97 Å². The molecule has 1 aromatic rings. The Hall–Kier alpha value is -3.22. The van der Waals surface area contributed by atoms with Gasteiger partial charge in [-0.3, -0.25) is 14.4 Å². The molecule has 11 N–H and O–H groups in total. The minimum atomic E-state index is -1.17. The Labute approximate surface area is 205 Å². The first-order valence-corrected chi connectivity index (χ1v) is 11.7. The Morgan fingerprint density at radius 1 is 0.829 bits per heavy atom. The van der Waals surface area contributed by atoms with Gasteiger partial charge in [0.25, 0.3) is 0 Å². The number of hydrogen-bond acceptors (Lipinski definition) is 8. The number of nitrogens with two attached hydrogens (primary N) is 3. The Morgan fingerprint density at radius 2 is 1.40 bits per heavy atom. The fourth-order valence-corrected chi connectivity index (χ4v) is 3.31. The van der Waals surface area contributed by atoms with Crippen molar-refractivity contribution in [3.63, 3.8) is 0 Å². The Morgan fingerprint density at radius 3 is 1.94 bits per heavy atom. The summed E-state index contributed by atoms with van der Waals surface area (Å²) >= 11 is 0. The predicted molar refractivity (Wildman–Crippen MR) is 130 cm³/mol. The van der Waals surface area contributed by atoms with Crippen LogP contribution in [0, 0.1) is 0 Å². The Kier molecular flexibility index (Phi) is 14.0. The molecule has 12 heteroatoms. The van der Waals surface area contributed by atoms with E-state index in [9.17, 15) is 29.4 Å². The van der Waals surface area contributed by atoms with Crippen LogP contribution >= 0.6 is 0 Å². The van der Waals surface area contributed by atoms with Crippen molar-refractivity contribution in [3.05, 3.63) is 29.8 Å². The first-order valence-electron chi connectivity index (χ1n) is 11.7. The lowest BCUT2D eigenvalue weighted by Gasteiger charge is -2.21. The smallest absolute Gasteiger partial charge is 0.326 e. The molecule has 3 amide bonds. The van der Waals surface area contributed by atoms with E-state index in [1.807, 2.05) is 0 Å². The van der Waals surface area contributed by atoms with Crippen molar-refractivity contribution in [1.82, 2.24) is 16.0 Å². The first-order chi connectivity index (χ1) is 16.7. The highest BCUT2D eigenvalue weighted by Crippen LogP contribution is 2.11. The average molecular weight is 495 g/mol. The number of phenols is 1. The fourth-order valence-electron chi connectivity index (χ4n) is 3.31. The summed E-state index contributed by atoms with van der Waals surface area (Å²) in [6.07, 6.45) is 3.10. The van der Waals surface area contributed by atoms with Gasteiger partial charge in [-0.25, -0.2) is 4.79 Å². The maximum absolute atomic E-state index is 12.7. The number of amides is 3. The Bertz CT molecular complexity index is 819. The van der Waals surface area contributed by atoms with Crippen LogP contribution in [0.25, 0.3) is 0 Å². The van der Waals surface area contributed by atoms with Crippen LogP contribution in [-0.4, -0.2) is 71.7 Å².